The molecule has 0 amide bonds. The molecule has 0 spiro atoms. The van der Waals surface area contributed by atoms with Crippen LogP contribution in [0.15, 0.2) is 60.9 Å². The van der Waals surface area contributed by atoms with Crippen molar-refractivity contribution in [1.82, 2.24) is 14.9 Å². The Balaban J connectivity index is 1.43. The van der Waals surface area contributed by atoms with E-state index in [9.17, 15) is 0 Å². The molecule has 2 unspecified atom stereocenters. The fraction of sp³-hybridized carbons (Fsp3) is 0.235. The number of aromatic nitrogens is 2. The maximum absolute atomic E-state index is 4.37. The van der Waals surface area contributed by atoms with Crippen molar-refractivity contribution < 1.29 is 0 Å². The molecule has 1 aromatic carbocycles. The summed E-state index contributed by atoms with van der Waals surface area (Å²) in [5.41, 5.74) is 3.91. The Kier molecular flexibility index (Phi) is 2.78. The van der Waals surface area contributed by atoms with Crippen molar-refractivity contribution >= 4 is 5.52 Å². The van der Waals surface area contributed by atoms with E-state index in [1.807, 2.05) is 23.0 Å². The van der Waals surface area contributed by atoms with E-state index in [-0.39, 0.29) is 0 Å². The lowest BCUT2D eigenvalue weighted by atomic mass is 10.1. The number of nitrogens with one attached hydrogen (secondary N) is 1. The van der Waals surface area contributed by atoms with Crippen LogP contribution in [0.3, 0.4) is 0 Å². The molecular formula is C17H17N3. The molecular weight excluding hydrogens is 246 g/mol. The maximum atomic E-state index is 4.37. The van der Waals surface area contributed by atoms with E-state index in [1.165, 1.54) is 23.1 Å². The number of fused-ring (bicyclic) bond motifs is 1. The van der Waals surface area contributed by atoms with Crippen molar-refractivity contribution in [3.05, 3.63) is 72.1 Å². The van der Waals surface area contributed by atoms with E-state index < -0.39 is 0 Å². The Morgan fingerprint density at radius 3 is 2.85 bits per heavy atom. The normalized spacial score (nSPS) is 21.2. The number of benzene rings is 1. The number of nitrogens with zero attached hydrogens (tertiary/aromatic N) is 2. The first-order chi connectivity index (χ1) is 9.92. The smallest absolute Gasteiger partial charge is 0.0706 e. The van der Waals surface area contributed by atoms with Crippen molar-refractivity contribution in [2.45, 2.75) is 24.9 Å². The van der Waals surface area contributed by atoms with Crippen LogP contribution in [0.2, 0.25) is 0 Å². The molecule has 0 bridgehead atoms. The Morgan fingerprint density at radius 1 is 1.10 bits per heavy atom. The van der Waals surface area contributed by atoms with Gasteiger partial charge in [-0.25, -0.2) is 4.52 Å². The van der Waals surface area contributed by atoms with E-state index in [4.69, 9.17) is 0 Å². The average molecular weight is 263 g/mol. The molecule has 0 saturated heterocycles. The minimum absolute atomic E-state index is 0.607. The fourth-order valence-corrected chi connectivity index (χ4v) is 2.85. The molecule has 1 saturated carbocycles. The maximum Gasteiger partial charge on any atom is 0.0706 e. The lowest BCUT2D eigenvalue weighted by Gasteiger charge is -2.03. The first-order valence-corrected chi connectivity index (χ1v) is 7.11. The first-order valence-electron chi connectivity index (χ1n) is 7.11. The second-order valence-corrected chi connectivity index (χ2v) is 5.44. The number of hydrogen-bond acceptors (Lipinski definition) is 2. The fourth-order valence-electron chi connectivity index (χ4n) is 2.85. The van der Waals surface area contributed by atoms with Gasteiger partial charge in [0, 0.05) is 30.3 Å². The molecule has 100 valence electrons. The molecule has 1 fully saturated rings. The van der Waals surface area contributed by atoms with Crippen molar-refractivity contribution in [3.8, 4) is 0 Å². The van der Waals surface area contributed by atoms with Gasteiger partial charge in [0.15, 0.2) is 0 Å². The molecule has 3 nitrogen and oxygen atoms in total. The van der Waals surface area contributed by atoms with E-state index in [1.54, 1.807) is 0 Å². The Hall–Kier alpha value is -2.13. The lowest BCUT2D eigenvalue weighted by molar-refractivity contribution is 0.675. The molecule has 1 N–H and O–H groups in total. The van der Waals surface area contributed by atoms with E-state index in [2.05, 4.69) is 52.9 Å². The van der Waals surface area contributed by atoms with Crippen LogP contribution in [0, 0.1) is 0 Å². The molecule has 2 heterocycles. The van der Waals surface area contributed by atoms with Crippen LogP contribution >= 0.6 is 0 Å². The van der Waals surface area contributed by atoms with E-state index >= 15 is 0 Å². The zero-order chi connectivity index (χ0) is 13.4. The second-order valence-electron chi connectivity index (χ2n) is 5.44. The monoisotopic (exact) mass is 263 g/mol. The van der Waals surface area contributed by atoms with Gasteiger partial charge in [-0.15, -0.1) is 0 Å². The third-order valence-corrected chi connectivity index (χ3v) is 4.08. The number of hydrogen-bond donors (Lipinski definition) is 1. The van der Waals surface area contributed by atoms with Crippen LogP contribution in [0.25, 0.3) is 5.52 Å². The van der Waals surface area contributed by atoms with E-state index in [0.717, 1.165) is 6.54 Å². The lowest BCUT2D eigenvalue weighted by Crippen LogP contribution is -2.17. The van der Waals surface area contributed by atoms with Crippen LogP contribution in [-0.2, 0) is 6.54 Å². The van der Waals surface area contributed by atoms with Gasteiger partial charge >= 0.3 is 0 Å². The van der Waals surface area contributed by atoms with Gasteiger partial charge in [0.05, 0.1) is 11.7 Å². The van der Waals surface area contributed by atoms with Crippen LogP contribution in [0.5, 0.6) is 0 Å². The van der Waals surface area contributed by atoms with Crippen LogP contribution in [0.1, 0.15) is 23.5 Å². The third-order valence-electron chi connectivity index (χ3n) is 4.08. The Bertz CT molecular complexity index is 717. The highest BCUT2D eigenvalue weighted by atomic mass is 15.2. The Morgan fingerprint density at radius 2 is 1.95 bits per heavy atom. The molecule has 2 aromatic heterocycles. The number of rotatable bonds is 4. The van der Waals surface area contributed by atoms with Gasteiger partial charge in [0.2, 0.25) is 0 Å². The predicted molar refractivity (Wildman–Crippen MR) is 79.6 cm³/mol. The molecule has 1 aliphatic carbocycles. The second kappa shape index (κ2) is 4.76. The highest BCUT2D eigenvalue weighted by molar-refractivity contribution is 5.53. The summed E-state index contributed by atoms with van der Waals surface area (Å²) in [4.78, 5) is 0. The SMILES string of the molecule is c1ccc(C2CC2NCc2cnn3ccccc23)cc1. The summed E-state index contributed by atoms with van der Waals surface area (Å²) in [7, 11) is 0. The summed E-state index contributed by atoms with van der Waals surface area (Å²) in [6.07, 6.45) is 5.19. The van der Waals surface area contributed by atoms with Gasteiger partial charge < -0.3 is 5.32 Å². The molecule has 3 heteroatoms. The van der Waals surface area contributed by atoms with Gasteiger partial charge in [0.25, 0.3) is 0 Å². The summed E-state index contributed by atoms with van der Waals surface area (Å²) in [5, 5.41) is 8.02. The summed E-state index contributed by atoms with van der Waals surface area (Å²) in [5.74, 6) is 0.679. The zero-order valence-electron chi connectivity index (χ0n) is 11.2. The highest BCUT2D eigenvalue weighted by Gasteiger charge is 2.37. The zero-order valence-corrected chi connectivity index (χ0v) is 11.2. The van der Waals surface area contributed by atoms with Crippen molar-refractivity contribution in [1.29, 1.82) is 0 Å². The van der Waals surface area contributed by atoms with Gasteiger partial charge in [-0.05, 0) is 24.1 Å². The van der Waals surface area contributed by atoms with Crippen molar-refractivity contribution in [3.63, 3.8) is 0 Å². The van der Waals surface area contributed by atoms with Crippen LogP contribution in [-0.4, -0.2) is 15.7 Å². The van der Waals surface area contributed by atoms with Crippen LogP contribution < -0.4 is 5.32 Å². The molecule has 2 atom stereocenters. The quantitative estimate of drug-likeness (QED) is 0.784. The van der Waals surface area contributed by atoms with Crippen LogP contribution in [0.4, 0.5) is 0 Å². The summed E-state index contributed by atoms with van der Waals surface area (Å²) in [6, 6.07) is 17.6. The Labute approximate surface area is 118 Å². The highest BCUT2D eigenvalue weighted by Crippen LogP contribution is 2.40. The molecule has 1 aliphatic rings. The van der Waals surface area contributed by atoms with Gasteiger partial charge in [-0.2, -0.15) is 5.10 Å². The number of pyridine rings is 1. The summed E-state index contributed by atoms with van der Waals surface area (Å²) < 4.78 is 1.93. The molecule has 4 rings (SSSR count). The van der Waals surface area contributed by atoms with Gasteiger partial charge in [-0.1, -0.05) is 36.4 Å². The average Bonchev–Trinajstić information content (AvgIpc) is 3.18. The third kappa shape index (κ3) is 2.10. The minimum atomic E-state index is 0.607. The summed E-state index contributed by atoms with van der Waals surface area (Å²) in [6.45, 7) is 0.890. The summed E-state index contributed by atoms with van der Waals surface area (Å²) >= 11 is 0. The largest absolute Gasteiger partial charge is 0.309 e. The van der Waals surface area contributed by atoms with Gasteiger partial charge in [0.1, 0.15) is 0 Å². The van der Waals surface area contributed by atoms with E-state index in [0.29, 0.717) is 12.0 Å². The predicted octanol–water partition coefficient (Wildman–Crippen LogP) is 2.98. The van der Waals surface area contributed by atoms with Gasteiger partial charge in [-0.3, -0.25) is 0 Å². The topological polar surface area (TPSA) is 29.3 Å². The van der Waals surface area contributed by atoms with Crippen molar-refractivity contribution in [2.75, 3.05) is 0 Å². The molecule has 20 heavy (non-hydrogen) atoms. The molecule has 0 radical (unpaired) electrons. The minimum Gasteiger partial charge on any atom is -0.309 e. The van der Waals surface area contributed by atoms with Crippen molar-refractivity contribution in [2.24, 2.45) is 0 Å². The first kappa shape index (κ1) is 11.7. The molecule has 0 aliphatic heterocycles. The standard InChI is InChI=1S/C17H17N3/c1-2-6-13(7-3-1)15-10-16(15)18-11-14-12-19-20-9-5-4-8-17(14)20/h1-9,12,15-16,18H,10-11H2. The molecule has 3 aromatic rings.